The molecule has 0 atom stereocenters. The number of tetrazole rings is 1. The van der Waals surface area contributed by atoms with Gasteiger partial charge in [0.2, 0.25) is 11.7 Å². The smallest absolute Gasteiger partial charge is 0.228 e. The molecule has 0 unspecified atom stereocenters. The SMILES string of the molecule is CC(C)(O)Cn1nnc(-c2cc3c(cc2F)S(=O)(=O)CCC(=O)N3Cc2ccc(Cl)cc2)n1. The van der Waals surface area contributed by atoms with Gasteiger partial charge in [0.1, 0.15) is 5.82 Å². The van der Waals surface area contributed by atoms with E-state index in [9.17, 15) is 18.3 Å². The Morgan fingerprint density at radius 3 is 2.58 bits per heavy atom. The molecule has 3 aromatic rings. The van der Waals surface area contributed by atoms with Crippen molar-refractivity contribution in [1.82, 2.24) is 20.2 Å². The van der Waals surface area contributed by atoms with Crippen LogP contribution < -0.4 is 4.90 Å². The molecular weight excluding hydrogens is 473 g/mol. The number of carbonyl (C=O) groups is 1. The first-order chi connectivity index (χ1) is 15.4. The lowest BCUT2D eigenvalue weighted by atomic mass is 10.1. The highest BCUT2D eigenvalue weighted by molar-refractivity contribution is 7.91. The molecule has 1 aliphatic heterocycles. The minimum atomic E-state index is -3.90. The predicted octanol–water partition coefficient (Wildman–Crippen LogP) is 2.61. The highest BCUT2D eigenvalue weighted by Crippen LogP contribution is 2.36. The van der Waals surface area contributed by atoms with Gasteiger partial charge in [-0.2, -0.15) is 4.80 Å². The summed E-state index contributed by atoms with van der Waals surface area (Å²) in [5.41, 5.74) is -0.470. The van der Waals surface area contributed by atoms with Gasteiger partial charge in [0, 0.05) is 11.4 Å². The van der Waals surface area contributed by atoms with Crippen LogP contribution in [0.5, 0.6) is 0 Å². The van der Waals surface area contributed by atoms with Crippen molar-refractivity contribution in [2.75, 3.05) is 10.7 Å². The van der Waals surface area contributed by atoms with Gasteiger partial charge in [0.05, 0.1) is 40.6 Å². The van der Waals surface area contributed by atoms with Crippen LogP contribution in [0.2, 0.25) is 5.02 Å². The molecule has 1 aliphatic rings. The lowest BCUT2D eigenvalue weighted by Crippen LogP contribution is -2.30. The molecule has 1 aromatic heterocycles. The first-order valence-electron chi connectivity index (χ1n) is 10.0. The maximum absolute atomic E-state index is 15.0. The topological polar surface area (TPSA) is 118 Å². The molecule has 12 heteroatoms. The second-order valence-corrected chi connectivity index (χ2v) is 10.9. The van der Waals surface area contributed by atoms with Crippen LogP contribution in [0, 0.1) is 5.82 Å². The van der Waals surface area contributed by atoms with Crippen LogP contribution in [-0.4, -0.2) is 51.0 Å². The van der Waals surface area contributed by atoms with Crippen molar-refractivity contribution in [2.45, 2.75) is 43.9 Å². The molecule has 4 rings (SSSR count). The van der Waals surface area contributed by atoms with Crippen LogP contribution in [0.1, 0.15) is 25.8 Å². The molecule has 174 valence electrons. The zero-order valence-corrected chi connectivity index (χ0v) is 19.4. The van der Waals surface area contributed by atoms with Crippen molar-refractivity contribution in [3.05, 3.63) is 52.8 Å². The van der Waals surface area contributed by atoms with Crippen molar-refractivity contribution < 1.29 is 22.7 Å². The second kappa shape index (κ2) is 8.47. The summed E-state index contributed by atoms with van der Waals surface area (Å²) in [4.78, 5) is 15.1. The number of sulfone groups is 1. The maximum Gasteiger partial charge on any atom is 0.228 e. The molecule has 0 saturated carbocycles. The van der Waals surface area contributed by atoms with Gasteiger partial charge in [-0.1, -0.05) is 23.7 Å². The van der Waals surface area contributed by atoms with Gasteiger partial charge < -0.3 is 10.0 Å². The Morgan fingerprint density at radius 1 is 1.21 bits per heavy atom. The number of hydrogen-bond donors (Lipinski definition) is 1. The van der Waals surface area contributed by atoms with E-state index in [1.165, 1.54) is 11.0 Å². The summed E-state index contributed by atoms with van der Waals surface area (Å²) in [5.74, 6) is -1.79. The third-order valence-corrected chi connectivity index (χ3v) is 7.03. The van der Waals surface area contributed by atoms with Crippen molar-refractivity contribution in [1.29, 1.82) is 0 Å². The number of halogens is 2. The van der Waals surface area contributed by atoms with Crippen LogP contribution in [0.3, 0.4) is 0 Å². The van der Waals surface area contributed by atoms with Gasteiger partial charge in [-0.3, -0.25) is 4.79 Å². The van der Waals surface area contributed by atoms with E-state index in [4.69, 9.17) is 11.6 Å². The summed E-state index contributed by atoms with van der Waals surface area (Å²) in [6, 6.07) is 8.93. The molecule has 0 saturated heterocycles. The first-order valence-corrected chi connectivity index (χ1v) is 12.1. The normalized spacial score (nSPS) is 15.9. The average molecular weight is 494 g/mol. The fraction of sp³-hybridized carbons (Fsp3) is 0.333. The zero-order valence-electron chi connectivity index (χ0n) is 17.9. The van der Waals surface area contributed by atoms with E-state index >= 15 is 4.39 Å². The number of aliphatic hydroxyl groups is 1. The minimum Gasteiger partial charge on any atom is -0.388 e. The Labute approximate surface area is 194 Å². The van der Waals surface area contributed by atoms with Crippen LogP contribution in [0.25, 0.3) is 11.4 Å². The number of rotatable bonds is 5. The molecule has 0 aliphatic carbocycles. The highest BCUT2D eigenvalue weighted by atomic mass is 35.5. The standard InChI is InChI=1S/C21H21ClFN5O4S/c1-21(2,30)12-28-25-20(24-26-28)15-9-17-18(10-16(15)23)33(31,32)8-7-19(29)27(17)11-13-3-5-14(22)6-4-13/h3-6,9-10,30H,7-8,11-12H2,1-2H3. The maximum atomic E-state index is 15.0. The van der Waals surface area contributed by atoms with Crippen LogP contribution in [0.15, 0.2) is 41.3 Å². The summed E-state index contributed by atoms with van der Waals surface area (Å²) in [7, 11) is -3.90. The van der Waals surface area contributed by atoms with Crippen LogP contribution in [0.4, 0.5) is 10.1 Å². The molecule has 33 heavy (non-hydrogen) atoms. The van der Waals surface area contributed by atoms with Gasteiger partial charge in [-0.05, 0) is 48.9 Å². The van der Waals surface area contributed by atoms with Crippen molar-refractivity contribution in [3.8, 4) is 11.4 Å². The Bertz CT molecular complexity index is 1320. The lowest BCUT2D eigenvalue weighted by molar-refractivity contribution is -0.118. The number of carbonyl (C=O) groups excluding carboxylic acids is 1. The average Bonchev–Trinajstić information content (AvgIpc) is 3.15. The summed E-state index contributed by atoms with van der Waals surface area (Å²) in [6.45, 7) is 3.21. The number of fused-ring (bicyclic) bond motifs is 1. The van der Waals surface area contributed by atoms with Crippen molar-refractivity contribution in [3.63, 3.8) is 0 Å². The van der Waals surface area contributed by atoms with E-state index in [0.29, 0.717) is 5.02 Å². The molecule has 0 radical (unpaired) electrons. The third kappa shape index (κ3) is 5.05. The summed E-state index contributed by atoms with van der Waals surface area (Å²) < 4.78 is 40.6. The van der Waals surface area contributed by atoms with E-state index in [-0.39, 0.29) is 41.5 Å². The van der Waals surface area contributed by atoms with Crippen molar-refractivity contribution >= 4 is 33.0 Å². The Kier molecular flexibility index (Phi) is 5.97. The highest BCUT2D eigenvalue weighted by Gasteiger charge is 2.33. The molecule has 1 N–H and O–H groups in total. The number of anilines is 1. The molecule has 2 aromatic carbocycles. The van der Waals surface area contributed by atoms with Crippen LogP contribution >= 0.6 is 11.6 Å². The number of amides is 1. The molecule has 0 fully saturated rings. The van der Waals surface area contributed by atoms with Crippen LogP contribution in [-0.2, 0) is 27.7 Å². The second-order valence-electron chi connectivity index (χ2n) is 8.43. The molecule has 2 heterocycles. The molecule has 9 nitrogen and oxygen atoms in total. The Morgan fingerprint density at radius 2 is 1.91 bits per heavy atom. The van der Waals surface area contributed by atoms with Crippen molar-refractivity contribution in [2.24, 2.45) is 0 Å². The first kappa shape index (κ1) is 23.3. The van der Waals surface area contributed by atoms with E-state index in [2.05, 4.69) is 15.4 Å². The van der Waals surface area contributed by atoms with Gasteiger partial charge in [0.15, 0.2) is 9.84 Å². The van der Waals surface area contributed by atoms with E-state index in [1.807, 2.05) is 0 Å². The minimum absolute atomic E-state index is 0.0160. The fourth-order valence-corrected chi connectivity index (χ4v) is 5.05. The summed E-state index contributed by atoms with van der Waals surface area (Å²) in [5, 5.41) is 22.2. The Balaban J connectivity index is 1.82. The number of aromatic nitrogens is 4. The zero-order chi connectivity index (χ0) is 24.0. The molecule has 0 spiro atoms. The molecular formula is C21H21ClFN5O4S. The predicted molar refractivity (Wildman–Crippen MR) is 119 cm³/mol. The largest absolute Gasteiger partial charge is 0.388 e. The monoisotopic (exact) mass is 493 g/mol. The van der Waals surface area contributed by atoms with E-state index < -0.39 is 32.9 Å². The van der Waals surface area contributed by atoms with Gasteiger partial charge >= 0.3 is 0 Å². The quantitative estimate of drug-likeness (QED) is 0.580. The van der Waals surface area contributed by atoms with Gasteiger partial charge in [-0.15, -0.1) is 10.2 Å². The van der Waals surface area contributed by atoms with E-state index in [1.54, 1.807) is 38.1 Å². The summed E-state index contributed by atoms with van der Waals surface area (Å²) in [6.07, 6.45) is -0.235. The van der Waals surface area contributed by atoms with E-state index in [0.717, 1.165) is 16.4 Å². The number of hydrogen-bond acceptors (Lipinski definition) is 7. The molecule has 0 bridgehead atoms. The van der Waals surface area contributed by atoms with Gasteiger partial charge in [0.25, 0.3) is 0 Å². The molecule has 1 amide bonds. The Hall–Kier alpha value is -2.89. The summed E-state index contributed by atoms with van der Waals surface area (Å²) >= 11 is 5.94. The van der Waals surface area contributed by atoms with Gasteiger partial charge in [-0.25, -0.2) is 12.8 Å². The number of nitrogens with zero attached hydrogens (tertiary/aromatic N) is 5. The third-order valence-electron chi connectivity index (χ3n) is 5.04. The number of benzene rings is 2. The fourth-order valence-electron chi connectivity index (χ4n) is 3.49. The lowest BCUT2D eigenvalue weighted by Gasteiger charge is -2.23.